The maximum Gasteiger partial charge on any atom is 0.244 e. The molecule has 1 heterocycles. The molecule has 0 fully saturated rings. The van der Waals surface area contributed by atoms with Crippen molar-refractivity contribution < 1.29 is 17.9 Å². The van der Waals surface area contributed by atoms with Gasteiger partial charge >= 0.3 is 0 Å². The second kappa shape index (κ2) is 10.1. The van der Waals surface area contributed by atoms with Crippen molar-refractivity contribution in [1.29, 1.82) is 0 Å². The zero-order chi connectivity index (χ0) is 20.6. The van der Waals surface area contributed by atoms with E-state index in [0.29, 0.717) is 31.3 Å². The number of hydrogen-bond donors (Lipinski definition) is 2. The van der Waals surface area contributed by atoms with E-state index in [1.54, 1.807) is 25.3 Å². The van der Waals surface area contributed by atoms with Gasteiger partial charge in [-0.05, 0) is 26.0 Å². The van der Waals surface area contributed by atoms with Crippen LogP contribution in [0.1, 0.15) is 13.8 Å². The average Bonchev–Trinajstić information content (AvgIpc) is 2.67. The first-order chi connectivity index (χ1) is 13.4. The zero-order valence-corrected chi connectivity index (χ0v) is 17.4. The van der Waals surface area contributed by atoms with E-state index in [0.717, 1.165) is 5.69 Å². The van der Waals surface area contributed by atoms with E-state index in [9.17, 15) is 8.42 Å². The highest BCUT2D eigenvalue weighted by molar-refractivity contribution is 7.89. The molecule has 0 aliphatic heterocycles. The number of nitrogens with zero attached hydrogens (tertiary/aromatic N) is 3. The highest BCUT2D eigenvalue weighted by Crippen LogP contribution is 2.28. The minimum Gasteiger partial charge on any atom is -0.494 e. The summed E-state index contributed by atoms with van der Waals surface area (Å²) < 4.78 is 38.9. The van der Waals surface area contributed by atoms with E-state index in [1.165, 1.54) is 6.07 Å². The van der Waals surface area contributed by atoms with Crippen molar-refractivity contribution in [3.63, 3.8) is 0 Å². The van der Waals surface area contributed by atoms with Crippen molar-refractivity contribution >= 4 is 21.5 Å². The highest BCUT2D eigenvalue weighted by Gasteiger charge is 2.20. The predicted octanol–water partition coefficient (Wildman–Crippen LogP) is 1.73. The quantitative estimate of drug-likeness (QED) is 0.541. The lowest BCUT2D eigenvalue weighted by atomic mass is 10.3. The van der Waals surface area contributed by atoms with E-state index < -0.39 is 10.0 Å². The molecule has 28 heavy (non-hydrogen) atoms. The Labute approximate surface area is 166 Å². The Morgan fingerprint density at radius 3 is 2.50 bits per heavy atom. The van der Waals surface area contributed by atoms with Crippen LogP contribution < -0.4 is 24.4 Å². The van der Waals surface area contributed by atoms with Crippen LogP contribution in [-0.2, 0) is 10.0 Å². The largest absolute Gasteiger partial charge is 0.494 e. The minimum absolute atomic E-state index is 0.0506. The lowest BCUT2D eigenvalue weighted by Gasteiger charge is -2.14. The first-order valence-electron chi connectivity index (χ1n) is 9.00. The molecule has 0 spiro atoms. The maximum absolute atomic E-state index is 12.7. The van der Waals surface area contributed by atoms with Gasteiger partial charge < -0.3 is 19.7 Å². The third-order valence-corrected chi connectivity index (χ3v) is 5.18. The van der Waals surface area contributed by atoms with Crippen molar-refractivity contribution in [3.8, 4) is 11.5 Å². The van der Waals surface area contributed by atoms with Crippen molar-refractivity contribution in [1.82, 2.24) is 14.9 Å². The number of anilines is 2. The molecule has 0 aliphatic carbocycles. The molecule has 1 aromatic heterocycles. The standard InChI is InChI=1S/C18H27N5O4S/c1-5-26-15-7-8-16(27-6-2)17(12-15)28(24,25)21-10-9-19-18-11-14(23(3)4)13-20-22-18/h7-8,11-13,21H,5-6,9-10H2,1-4H3,(H,19,22). The number of hydrogen-bond acceptors (Lipinski definition) is 8. The van der Waals surface area contributed by atoms with Crippen LogP contribution in [0.5, 0.6) is 11.5 Å². The number of nitrogens with one attached hydrogen (secondary N) is 2. The molecule has 2 aromatic rings. The van der Waals surface area contributed by atoms with E-state index in [1.807, 2.05) is 32.0 Å². The molecule has 154 valence electrons. The summed E-state index contributed by atoms with van der Waals surface area (Å²) >= 11 is 0. The minimum atomic E-state index is -3.77. The molecule has 0 radical (unpaired) electrons. The number of sulfonamides is 1. The molecule has 1 aromatic carbocycles. The van der Waals surface area contributed by atoms with Crippen LogP contribution in [0.3, 0.4) is 0 Å². The molecule has 0 unspecified atom stereocenters. The van der Waals surface area contributed by atoms with Crippen molar-refractivity contribution in [3.05, 3.63) is 30.5 Å². The molecule has 0 aliphatic rings. The molecule has 9 nitrogen and oxygen atoms in total. The molecular formula is C18H27N5O4S. The van der Waals surface area contributed by atoms with Gasteiger partial charge in [0.25, 0.3) is 0 Å². The molecular weight excluding hydrogens is 382 g/mol. The number of benzene rings is 1. The molecule has 0 saturated heterocycles. The normalized spacial score (nSPS) is 11.1. The molecule has 10 heteroatoms. The predicted molar refractivity (Wildman–Crippen MR) is 109 cm³/mol. The summed E-state index contributed by atoms with van der Waals surface area (Å²) in [5, 5.41) is 11.0. The van der Waals surface area contributed by atoms with E-state index >= 15 is 0 Å². The Balaban J connectivity index is 2.03. The number of aromatic nitrogens is 2. The third-order valence-electron chi connectivity index (χ3n) is 3.70. The Morgan fingerprint density at radius 2 is 1.82 bits per heavy atom. The zero-order valence-electron chi connectivity index (χ0n) is 16.6. The second-order valence-electron chi connectivity index (χ2n) is 5.99. The Hall–Kier alpha value is -2.59. The first-order valence-corrected chi connectivity index (χ1v) is 10.5. The van der Waals surface area contributed by atoms with E-state index in [-0.39, 0.29) is 17.2 Å². The van der Waals surface area contributed by atoms with Gasteiger partial charge in [0, 0.05) is 39.3 Å². The average molecular weight is 410 g/mol. The third kappa shape index (κ3) is 5.96. The summed E-state index contributed by atoms with van der Waals surface area (Å²) in [4.78, 5) is 1.96. The SMILES string of the molecule is CCOc1ccc(OCC)c(S(=O)(=O)NCCNc2cc(N(C)C)cnn2)c1. The molecule has 0 saturated carbocycles. The summed E-state index contributed by atoms with van der Waals surface area (Å²) in [6.07, 6.45) is 1.65. The van der Waals surface area contributed by atoms with E-state index in [4.69, 9.17) is 9.47 Å². The van der Waals surface area contributed by atoms with Crippen molar-refractivity contribution in [2.24, 2.45) is 0 Å². The number of rotatable bonds is 11. The van der Waals surface area contributed by atoms with Crippen LogP contribution in [0.25, 0.3) is 0 Å². The lowest BCUT2D eigenvalue weighted by Crippen LogP contribution is -2.29. The molecule has 0 atom stereocenters. The van der Waals surface area contributed by atoms with Gasteiger partial charge in [0.15, 0.2) is 5.82 Å². The van der Waals surface area contributed by atoms with Crippen LogP contribution in [0.2, 0.25) is 0 Å². The summed E-state index contributed by atoms with van der Waals surface area (Å²) in [6, 6.07) is 6.59. The topological polar surface area (TPSA) is 106 Å². The van der Waals surface area contributed by atoms with Crippen molar-refractivity contribution in [2.75, 3.05) is 50.6 Å². The smallest absolute Gasteiger partial charge is 0.244 e. The lowest BCUT2D eigenvalue weighted by molar-refractivity contribution is 0.322. The van der Waals surface area contributed by atoms with Gasteiger partial charge in [0.2, 0.25) is 10.0 Å². The molecule has 0 amide bonds. The van der Waals surface area contributed by atoms with Crippen molar-refractivity contribution in [2.45, 2.75) is 18.7 Å². The van der Waals surface area contributed by atoms with Crippen LogP contribution >= 0.6 is 0 Å². The highest BCUT2D eigenvalue weighted by atomic mass is 32.2. The first kappa shape index (κ1) is 21.7. The van der Waals surface area contributed by atoms with Gasteiger partial charge in [0.1, 0.15) is 16.4 Å². The van der Waals surface area contributed by atoms with Gasteiger partial charge in [-0.25, -0.2) is 13.1 Å². The Morgan fingerprint density at radius 1 is 1.07 bits per heavy atom. The number of ether oxygens (including phenoxy) is 2. The van der Waals surface area contributed by atoms with Gasteiger partial charge in [-0.15, -0.1) is 5.10 Å². The van der Waals surface area contributed by atoms with E-state index in [2.05, 4.69) is 20.2 Å². The monoisotopic (exact) mass is 409 g/mol. The summed E-state index contributed by atoms with van der Waals surface area (Å²) in [5.41, 5.74) is 0.896. The molecule has 0 bridgehead atoms. The fourth-order valence-electron chi connectivity index (χ4n) is 2.37. The maximum atomic E-state index is 12.7. The van der Waals surface area contributed by atoms with Crippen LogP contribution in [0, 0.1) is 0 Å². The fraction of sp³-hybridized carbons (Fsp3) is 0.444. The Kier molecular flexibility index (Phi) is 7.82. The molecule has 2 N–H and O–H groups in total. The summed E-state index contributed by atoms with van der Waals surface area (Å²) in [5.74, 6) is 1.33. The second-order valence-corrected chi connectivity index (χ2v) is 7.73. The fourth-order valence-corrected chi connectivity index (χ4v) is 3.56. The Bertz CT molecular complexity index is 874. The summed E-state index contributed by atoms with van der Waals surface area (Å²) in [7, 11) is 0.0388. The summed E-state index contributed by atoms with van der Waals surface area (Å²) in [6.45, 7) is 4.95. The molecule has 2 rings (SSSR count). The van der Waals surface area contributed by atoms with Gasteiger partial charge in [-0.1, -0.05) is 0 Å². The van der Waals surface area contributed by atoms with Gasteiger partial charge in [0.05, 0.1) is 25.1 Å². The van der Waals surface area contributed by atoms with Gasteiger partial charge in [-0.2, -0.15) is 5.10 Å². The van der Waals surface area contributed by atoms with Gasteiger partial charge in [-0.3, -0.25) is 0 Å². The van der Waals surface area contributed by atoms with Crippen LogP contribution in [-0.4, -0.2) is 59.0 Å². The van der Waals surface area contributed by atoms with Crippen LogP contribution in [0.4, 0.5) is 11.5 Å². The van der Waals surface area contributed by atoms with Crippen LogP contribution in [0.15, 0.2) is 35.4 Å².